The Labute approximate surface area is 107 Å². The molecule has 2 heterocycles. The minimum Gasteiger partial charge on any atom is -0.506 e. The maximum Gasteiger partial charge on any atom is 0.133 e. The van der Waals surface area contributed by atoms with Crippen LogP contribution >= 0.6 is 0 Å². The molecule has 0 bridgehead atoms. The molecule has 4 nitrogen and oxygen atoms in total. The standard InChI is InChI=1S/C14H18N2O2/c1-9-6-14(11(3)18-9)10(2)15-7-12-4-5-13(17)8-16-12/h4-6,8,10,15,17H,7H2,1-3H3. The van der Waals surface area contributed by atoms with Crippen LogP contribution < -0.4 is 5.32 Å². The summed E-state index contributed by atoms with van der Waals surface area (Å²) in [6.45, 7) is 6.67. The van der Waals surface area contributed by atoms with Crippen LogP contribution in [-0.4, -0.2) is 10.1 Å². The number of nitrogens with zero attached hydrogens (tertiary/aromatic N) is 1. The average Bonchev–Trinajstić information content (AvgIpc) is 2.67. The first kappa shape index (κ1) is 12.6. The van der Waals surface area contributed by atoms with Gasteiger partial charge in [-0.15, -0.1) is 0 Å². The van der Waals surface area contributed by atoms with Crippen LogP contribution in [0.1, 0.15) is 35.7 Å². The molecule has 2 rings (SSSR count). The Bertz CT molecular complexity index is 517. The van der Waals surface area contributed by atoms with Crippen molar-refractivity contribution in [1.82, 2.24) is 10.3 Å². The second-order valence-electron chi connectivity index (χ2n) is 4.48. The Morgan fingerprint density at radius 3 is 2.72 bits per heavy atom. The Hall–Kier alpha value is -1.81. The largest absolute Gasteiger partial charge is 0.506 e. The van der Waals surface area contributed by atoms with Crippen molar-refractivity contribution < 1.29 is 9.52 Å². The van der Waals surface area contributed by atoms with Gasteiger partial charge in [-0.1, -0.05) is 0 Å². The first-order chi connectivity index (χ1) is 8.56. The fraction of sp³-hybridized carbons (Fsp3) is 0.357. The molecule has 0 fully saturated rings. The number of hydrogen-bond donors (Lipinski definition) is 2. The third-order valence-corrected chi connectivity index (χ3v) is 2.94. The average molecular weight is 246 g/mol. The molecule has 0 aliphatic rings. The Balaban J connectivity index is 1.98. The van der Waals surface area contributed by atoms with Crippen LogP contribution in [-0.2, 0) is 6.54 Å². The third kappa shape index (κ3) is 2.90. The molecule has 18 heavy (non-hydrogen) atoms. The van der Waals surface area contributed by atoms with E-state index in [1.54, 1.807) is 6.07 Å². The van der Waals surface area contributed by atoms with E-state index < -0.39 is 0 Å². The fourth-order valence-corrected chi connectivity index (χ4v) is 1.97. The second-order valence-corrected chi connectivity index (χ2v) is 4.48. The van der Waals surface area contributed by atoms with Crippen LogP contribution in [0.5, 0.6) is 5.75 Å². The molecule has 0 saturated heterocycles. The number of aromatic hydroxyl groups is 1. The molecule has 0 aromatic carbocycles. The summed E-state index contributed by atoms with van der Waals surface area (Å²) in [5.74, 6) is 2.07. The van der Waals surface area contributed by atoms with E-state index in [4.69, 9.17) is 9.52 Å². The Morgan fingerprint density at radius 1 is 1.39 bits per heavy atom. The van der Waals surface area contributed by atoms with Crippen LogP contribution in [0.2, 0.25) is 0 Å². The van der Waals surface area contributed by atoms with E-state index in [0.717, 1.165) is 17.2 Å². The van der Waals surface area contributed by atoms with E-state index in [0.29, 0.717) is 6.54 Å². The molecule has 2 aromatic rings. The third-order valence-electron chi connectivity index (χ3n) is 2.94. The summed E-state index contributed by atoms with van der Waals surface area (Å²) < 4.78 is 5.51. The van der Waals surface area contributed by atoms with E-state index in [-0.39, 0.29) is 11.8 Å². The van der Waals surface area contributed by atoms with Crippen molar-refractivity contribution in [1.29, 1.82) is 0 Å². The van der Waals surface area contributed by atoms with Crippen LogP contribution in [0.3, 0.4) is 0 Å². The van der Waals surface area contributed by atoms with Crippen molar-refractivity contribution in [2.24, 2.45) is 0 Å². The first-order valence-electron chi connectivity index (χ1n) is 6.00. The van der Waals surface area contributed by atoms with E-state index in [1.165, 1.54) is 11.8 Å². The molecule has 1 atom stereocenters. The van der Waals surface area contributed by atoms with Crippen molar-refractivity contribution in [2.75, 3.05) is 0 Å². The molecule has 0 radical (unpaired) electrons. The lowest BCUT2D eigenvalue weighted by Gasteiger charge is -2.12. The summed E-state index contributed by atoms with van der Waals surface area (Å²) in [6, 6.07) is 5.71. The van der Waals surface area contributed by atoms with E-state index in [1.807, 2.05) is 19.9 Å². The van der Waals surface area contributed by atoms with Crippen molar-refractivity contribution in [3.05, 3.63) is 47.2 Å². The molecule has 0 aliphatic heterocycles. The van der Waals surface area contributed by atoms with Gasteiger partial charge in [0.25, 0.3) is 0 Å². The monoisotopic (exact) mass is 246 g/mol. The van der Waals surface area contributed by atoms with E-state index in [9.17, 15) is 0 Å². The number of aryl methyl sites for hydroxylation is 2. The van der Waals surface area contributed by atoms with Crippen LogP contribution in [0.25, 0.3) is 0 Å². The maximum absolute atomic E-state index is 9.16. The molecule has 2 N–H and O–H groups in total. The number of furan rings is 1. The maximum atomic E-state index is 9.16. The van der Waals surface area contributed by atoms with Gasteiger partial charge in [-0.3, -0.25) is 4.98 Å². The van der Waals surface area contributed by atoms with Gasteiger partial charge in [0, 0.05) is 18.2 Å². The fourth-order valence-electron chi connectivity index (χ4n) is 1.97. The zero-order valence-electron chi connectivity index (χ0n) is 10.9. The summed E-state index contributed by atoms with van der Waals surface area (Å²) in [5.41, 5.74) is 2.07. The quantitative estimate of drug-likeness (QED) is 0.871. The molecule has 4 heteroatoms. The van der Waals surface area contributed by atoms with Crippen LogP contribution in [0, 0.1) is 13.8 Å². The second kappa shape index (κ2) is 5.23. The van der Waals surface area contributed by atoms with Gasteiger partial charge in [0.15, 0.2) is 0 Å². The van der Waals surface area contributed by atoms with Crippen molar-refractivity contribution >= 4 is 0 Å². The van der Waals surface area contributed by atoms with Gasteiger partial charge in [0.05, 0.1) is 11.9 Å². The van der Waals surface area contributed by atoms with Gasteiger partial charge in [0.2, 0.25) is 0 Å². The Morgan fingerprint density at radius 2 is 2.17 bits per heavy atom. The molecular formula is C14H18N2O2. The van der Waals surface area contributed by atoms with E-state index in [2.05, 4.69) is 23.3 Å². The summed E-state index contributed by atoms with van der Waals surface area (Å²) in [6.07, 6.45) is 1.45. The molecule has 2 aromatic heterocycles. The smallest absolute Gasteiger partial charge is 0.133 e. The molecule has 0 amide bonds. The van der Waals surface area contributed by atoms with Gasteiger partial charge in [0.1, 0.15) is 17.3 Å². The van der Waals surface area contributed by atoms with Crippen molar-refractivity contribution in [2.45, 2.75) is 33.4 Å². The number of rotatable bonds is 4. The Kier molecular flexibility index (Phi) is 3.67. The topological polar surface area (TPSA) is 58.3 Å². The highest BCUT2D eigenvalue weighted by Crippen LogP contribution is 2.21. The lowest BCUT2D eigenvalue weighted by atomic mass is 10.1. The lowest BCUT2D eigenvalue weighted by Crippen LogP contribution is -2.18. The minimum atomic E-state index is 0.188. The van der Waals surface area contributed by atoms with Crippen molar-refractivity contribution in [3.63, 3.8) is 0 Å². The highest BCUT2D eigenvalue weighted by molar-refractivity contribution is 5.24. The minimum absolute atomic E-state index is 0.188. The zero-order valence-corrected chi connectivity index (χ0v) is 10.9. The summed E-state index contributed by atoms with van der Waals surface area (Å²) in [5, 5.41) is 12.5. The van der Waals surface area contributed by atoms with E-state index >= 15 is 0 Å². The number of nitrogens with one attached hydrogen (secondary N) is 1. The first-order valence-corrected chi connectivity index (χ1v) is 6.00. The summed E-state index contributed by atoms with van der Waals surface area (Å²) in [4.78, 5) is 4.14. The molecule has 0 aliphatic carbocycles. The zero-order chi connectivity index (χ0) is 13.1. The lowest BCUT2D eigenvalue weighted by molar-refractivity contribution is 0.471. The van der Waals surface area contributed by atoms with Crippen LogP contribution in [0.4, 0.5) is 0 Å². The summed E-state index contributed by atoms with van der Waals surface area (Å²) in [7, 11) is 0. The van der Waals surface area contributed by atoms with Crippen LogP contribution in [0.15, 0.2) is 28.8 Å². The molecule has 0 saturated carbocycles. The van der Waals surface area contributed by atoms with Gasteiger partial charge in [-0.2, -0.15) is 0 Å². The highest BCUT2D eigenvalue weighted by Gasteiger charge is 2.12. The number of aromatic nitrogens is 1. The van der Waals surface area contributed by atoms with Gasteiger partial charge in [-0.05, 0) is 39.0 Å². The summed E-state index contributed by atoms with van der Waals surface area (Å²) >= 11 is 0. The highest BCUT2D eigenvalue weighted by atomic mass is 16.3. The normalized spacial score (nSPS) is 12.6. The molecule has 96 valence electrons. The predicted molar refractivity (Wildman–Crippen MR) is 69.3 cm³/mol. The number of hydrogen-bond acceptors (Lipinski definition) is 4. The van der Waals surface area contributed by atoms with Gasteiger partial charge >= 0.3 is 0 Å². The number of pyridine rings is 1. The van der Waals surface area contributed by atoms with Gasteiger partial charge in [-0.25, -0.2) is 0 Å². The molecule has 0 spiro atoms. The molecule has 1 unspecified atom stereocenters. The molecular weight excluding hydrogens is 228 g/mol. The van der Waals surface area contributed by atoms with Gasteiger partial charge < -0.3 is 14.8 Å². The van der Waals surface area contributed by atoms with Crippen molar-refractivity contribution in [3.8, 4) is 5.75 Å². The SMILES string of the molecule is Cc1cc(C(C)NCc2ccc(O)cn2)c(C)o1. The predicted octanol–water partition coefficient (Wildman–Crippen LogP) is 2.85.